The number of fused-ring (bicyclic) bond motifs is 1. The third-order valence-electron chi connectivity index (χ3n) is 6.31. The van der Waals surface area contributed by atoms with Gasteiger partial charge in [0.2, 0.25) is 0 Å². The molecule has 0 amide bonds. The molecule has 0 aromatic rings. The molecule has 1 heteroatoms. The van der Waals surface area contributed by atoms with Crippen LogP contribution in [0.4, 0.5) is 0 Å². The molecule has 21 heavy (non-hydrogen) atoms. The van der Waals surface area contributed by atoms with E-state index in [4.69, 9.17) is 0 Å². The maximum atomic E-state index is 9.42. The Hall–Kier alpha value is -0.510. The number of nitrogens with zero attached hydrogens (tertiary/aromatic N) is 1. The van der Waals surface area contributed by atoms with Gasteiger partial charge in [-0.1, -0.05) is 52.4 Å². The summed E-state index contributed by atoms with van der Waals surface area (Å²) >= 11 is 0. The Kier molecular flexibility index (Phi) is 7.08. The maximum absolute atomic E-state index is 9.42. The first-order chi connectivity index (χ1) is 10.3. The van der Waals surface area contributed by atoms with Gasteiger partial charge in [0.15, 0.2) is 0 Å². The van der Waals surface area contributed by atoms with E-state index in [0.29, 0.717) is 11.8 Å². The molecule has 2 aliphatic rings. The molecule has 0 heterocycles. The molecule has 0 aliphatic heterocycles. The smallest absolute Gasteiger partial charge is 0.0658 e. The van der Waals surface area contributed by atoms with Crippen LogP contribution in [0, 0.1) is 40.9 Å². The minimum absolute atomic E-state index is 0.346. The van der Waals surface area contributed by atoms with Gasteiger partial charge in [-0.15, -0.1) is 0 Å². The monoisotopic (exact) mass is 289 g/mol. The van der Waals surface area contributed by atoms with E-state index in [1.807, 2.05) is 0 Å². The minimum atomic E-state index is 0.346. The number of hydrogen-bond donors (Lipinski definition) is 0. The van der Waals surface area contributed by atoms with Gasteiger partial charge >= 0.3 is 0 Å². The Balaban J connectivity index is 1.79. The molecule has 2 rings (SSSR count). The van der Waals surface area contributed by atoms with E-state index in [9.17, 15) is 5.26 Å². The molecule has 1 unspecified atom stereocenters. The van der Waals surface area contributed by atoms with Crippen LogP contribution in [-0.2, 0) is 0 Å². The molecule has 0 N–H and O–H groups in total. The van der Waals surface area contributed by atoms with Crippen LogP contribution in [0.15, 0.2) is 0 Å². The predicted molar refractivity (Wildman–Crippen MR) is 89.8 cm³/mol. The lowest BCUT2D eigenvalue weighted by atomic mass is 9.62. The Morgan fingerprint density at radius 3 is 2.43 bits per heavy atom. The van der Waals surface area contributed by atoms with Crippen molar-refractivity contribution in [2.24, 2.45) is 29.6 Å². The second-order valence-corrected chi connectivity index (χ2v) is 7.79. The van der Waals surface area contributed by atoms with Crippen molar-refractivity contribution in [1.82, 2.24) is 0 Å². The van der Waals surface area contributed by atoms with Crippen molar-refractivity contribution in [1.29, 1.82) is 5.26 Å². The van der Waals surface area contributed by atoms with Gasteiger partial charge < -0.3 is 0 Å². The van der Waals surface area contributed by atoms with Crippen molar-refractivity contribution in [2.75, 3.05) is 0 Å². The normalized spacial score (nSPS) is 34.0. The Labute approximate surface area is 132 Å². The van der Waals surface area contributed by atoms with Crippen molar-refractivity contribution in [3.05, 3.63) is 0 Å². The average Bonchev–Trinajstić information content (AvgIpc) is 2.52. The van der Waals surface area contributed by atoms with Crippen LogP contribution in [0.1, 0.15) is 90.9 Å². The predicted octanol–water partition coefficient (Wildman–Crippen LogP) is 6.34. The van der Waals surface area contributed by atoms with E-state index in [2.05, 4.69) is 19.9 Å². The zero-order chi connectivity index (χ0) is 15.1. The molecular formula is C20H35N. The van der Waals surface area contributed by atoms with Gasteiger partial charge in [-0.05, 0) is 62.2 Å². The number of unbranched alkanes of at least 4 members (excludes halogenated alkanes) is 2. The van der Waals surface area contributed by atoms with Crippen LogP contribution in [0.5, 0.6) is 0 Å². The molecule has 2 saturated carbocycles. The lowest BCUT2D eigenvalue weighted by Crippen LogP contribution is -2.33. The minimum Gasteiger partial charge on any atom is -0.198 e. The largest absolute Gasteiger partial charge is 0.198 e. The summed E-state index contributed by atoms with van der Waals surface area (Å²) in [7, 11) is 0. The molecular weight excluding hydrogens is 254 g/mol. The highest BCUT2D eigenvalue weighted by molar-refractivity contribution is 4.94. The highest BCUT2D eigenvalue weighted by atomic mass is 14.4. The van der Waals surface area contributed by atoms with Gasteiger partial charge in [0.25, 0.3) is 0 Å². The third-order valence-corrected chi connectivity index (χ3v) is 6.31. The maximum Gasteiger partial charge on any atom is 0.0658 e. The standard InChI is InChI=1S/C20H35N/c1-3-5-6-8-16-9-10-18-14-19(12-11-17(18)13-16)20(15-21)7-4-2/h16-20H,3-14H2,1-2H3/t16-,17-,18-,19+,20?/m0/s1. The van der Waals surface area contributed by atoms with Gasteiger partial charge in [-0.2, -0.15) is 5.26 Å². The van der Waals surface area contributed by atoms with E-state index >= 15 is 0 Å². The van der Waals surface area contributed by atoms with Gasteiger partial charge in [-0.25, -0.2) is 0 Å². The highest BCUT2D eigenvalue weighted by Gasteiger charge is 2.37. The lowest BCUT2D eigenvalue weighted by Gasteiger charge is -2.43. The second-order valence-electron chi connectivity index (χ2n) is 7.79. The van der Waals surface area contributed by atoms with E-state index in [-0.39, 0.29) is 0 Å². The molecule has 5 atom stereocenters. The fourth-order valence-electron chi connectivity index (χ4n) is 5.05. The Morgan fingerprint density at radius 1 is 0.952 bits per heavy atom. The highest BCUT2D eigenvalue weighted by Crippen LogP contribution is 2.47. The van der Waals surface area contributed by atoms with Crippen molar-refractivity contribution >= 4 is 0 Å². The van der Waals surface area contributed by atoms with Crippen molar-refractivity contribution < 1.29 is 0 Å². The summed E-state index contributed by atoms with van der Waals surface area (Å²) in [6.45, 7) is 4.53. The topological polar surface area (TPSA) is 23.8 Å². The van der Waals surface area contributed by atoms with Crippen LogP contribution < -0.4 is 0 Å². The van der Waals surface area contributed by atoms with E-state index < -0.39 is 0 Å². The summed E-state index contributed by atoms with van der Waals surface area (Å²) < 4.78 is 0. The summed E-state index contributed by atoms with van der Waals surface area (Å²) in [6.07, 6.45) is 16.6. The molecule has 0 spiro atoms. The first kappa shape index (κ1) is 16.9. The van der Waals surface area contributed by atoms with Crippen molar-refractivity contribution in [3.63, 3.8) is 0 Å². The van der Waals surface area contributed by atoms with Crippen molar-refractivity contribution in [2.45, 2.75) is 90.9 Å². The van der Waals surface area contributed by atoms with E-state index in [1.165, 1.54) is 70.6 Å². The average molecular weight is 290 g/mol. The summed E-state index contributed by atoms with van der Waals surface area (Å²) in [5.41, 5.74) is 0. The van der Waals surface area contributed by atoms with Gasteiger partial charge in [-0.3, -0.25) is 0 Å². The van der Waals surface area contributed by atoms with Crippen LogP contribution in [0.3, 0.4) is 0 Å². The molecule has 0 saturated heterocycles. The quantitative estimate of drug-likeness (QED) is 0.502. The molecule has 0 bridgehead atoms. The van der Waals surface area contributed by atoms with Gasteiger partial charge in [0.1, 0.15) is 0 Å². The Morgan fingerprint density at radius 2 is 1.71 bits per heavy atom. The van der Waals surface area contributed by atoms with Crippen LogP contribution in [0.25, 0.3) is 0 Å². The second kappa shape index (κ2) is 8.82. The third kappa shape index (κ3) is 4.73. The van der Waals surface area contributed by atoms with Crippen LogP contribution in [-0.4, -0.2) is 0 Å². The molecule has 2 aliphatic carbocycles. The molecule has 0 aromatic heterocycles. The molecule has 120 valence electrons. The Bertz CT molecular complexity index is 329. The van der Waals surface area contributed by atoms with Crippen LogP contribution in [0.2, 0.25) is 0 Å². The van der Waals surface area contributed by atoms with E-state index in [0.717, 1.165) is 24.2 Å². The molecule has 0 aromatic carbocycles. The summed E-state index contributed by atoms with van der Waals surface area (Å²) in [6, 6.07) is 2.61. The molecule has 2 fully saturated rings. The molecule has 0 radical (unpaired) electrons. The fraction of sp³-hybridized carbons (Fsp3) is 0.950. The summed E-state index contributed by atoms with van der Waals surface area (Å²) in [4.78, 5) is 0. The zero-order valence-corrected chi connectivity index (χ0v) is 14.3. The van der Waals surface area contributed by atoms with Gasteiger partial charge in [0, 0.05) is 5.92 Å². The number of hydrogen-bond acceptors (Lipinski definition) is 1. The first-order valence-corrected chi connectivity index (χ1v) is 9.68. The number of rotatable bonds is 7. The first-order valence-electron chi connectivity index (χ1n) is 9.68. The van der Waals surface area contributed by atoms with Crippen LogP contribution >= 0.6 is 0 Å². The SMILES string of the molecule is CCCCC[C@H]1CC[C@H]2C[C@H](C(C#N)CCC)CC[C@H]2C1. The van der Waals surface area contributed by atoms with E-state index in [1.54, 1.807) is 0 Å². The summed E-state index contributed by atoms with van der Waals surface area (Å²) in [5, 5.41) is 9.42. The summed E-state index contributed by atoms with van der Waals surface area (Å²) in [5.74, 6) is 4.05. The fourth-order valence-corrected chi connectivity index (χ4v) is 5.05. The number of nitriles is 1. The molecule has 1 nitrogen and oxygen atoms in total. The van der Waals surface area contributed by atoms with Crippen molar-refractivity contribution in [3.8, 4) is 6.07 Å². The zero-order valence-electron chi connectivity index (χ0n) is 14.3. The lowest BCUT2D eigenvalue weighted by molar-refractivity contribution is 0.0800. The van der Waals surface area contributed by atoms with Gasteiger partial charge in [0.05, 0.1) is 6.07 Å².